The summed E-state index contributed by atoms with van der Waals surface area (Å²) in [6, 6.07) is 14.6. The number of carbonyl (C=O) groups is 2. The molecule has 2 N–H and O–H groups in total. The number of nitrogens with zero attached hydrogens (tertiary/aromatic N) is 2. The Morgan fingerprint density at radius 3 is 2.58 bits per heavy atom. The molecule has 0 fully saturated rings. The number of H-pyrrole nitrogens is 1. The molecule has 0 spiro atoms. The van der Waals surface area contributed by atoms with E-state index in [-0.39, 0.29) is 18.2 Å². The van der Waals surface area contributed by atoms with E-state index in [4.69, 9.17) is 12.2 Å². The maximum atomic E-state index is 12.4. The summed E-state index contributed by atoms with van der Waals surface area (Å²) in [6.07, 6.45) is 0. The number of rotatable bonds is 5. The number of aryl methyl sites for hydroxylation is 1. The fourth-order valence-electron chi connectivity index (χ4n) is 2.60. The van der Waals surface area contributed by atoms with Crippen LogP contribution in [0.1, 0.15) is 22.8 Å². The summed E-state index contributed by atoms with van der Waals surface area (Å²) < 4.78 is 2.03. The summed E-state index contributed by atoms with van der Waals surface area (Å²) in [5, 5.41) is 9.79. The fraction of sp³-hybridized carbons (Fsp3) is 0.158. The van der Waals surface area contributed by atoms with E-state index in [9.17, 15) is 9.59 Å². The number of carbonyl (C=O) groups excluding carboxylic acids is 2. The van der Waals surface area contributed by atoms with Crippen LogP contribution in [-0.4, -0.2) is 26.5 Å². The average molecular weight is 366 g/mol. The Morgan fingerprint density at radius 1 is 1.19 bits per heavy atom. The Morgan fingerprint density at radius 2 is 1.92 bits per heavy atom. The van der Waals surface area contributed by atoms with Crippen molar-refractivity contribution in [3.63, 3.8) is 0 Å². The van der Waals surface area contributed by atoms with E-state index < -0.39 is 0 Å². The predicted octanol–water partition coefficient (Wildman–Crippen LogP) is 3.76. The third-order valence-electron chi connectivity index (χ3n) is 3.91. The highest BCUT2D eigenvalue weighted by atomic mass is 32.1. The lowest BCUT2D eigenvalue weighted by molar-refractivity contribution is -0.116. The molecular weight excluding hydrogens is 348 g/mol. The van der Waals surface area contributed by atoms with Crippen molar-refractivity contribution in [3.05, 3.63) is 64.4 Å². The van der Waals surface area contributed by atoms with Gasteiger partial charge in [0.25, 0.3) is 0 Å². The van der Waals surface area contributed by atoms with Gasteiger partial charge in [0, 0.05) is 16.8 Å². The first-order valence-corrected chi connectivity index (χ1v) is 8.48. The maximum Gasteiger partial charge on any atom is 0.244 e. The van der Waals surface area contributed by atoms with E-state index in [1.807, 2.05) is 31.2 Å². The first kappa shape index (κ1) is 17.8. The average Bonchev–Trinajstić information content (AvgIpc) is 2.96. The lowest BCUT2D eigenvalue weighted by Gasteiger charge is -2.09. The van der Waals surface area contributed by atoms with Crippen molar-refractivity contribution in [2.75, 3.05) is 5.32 Å². The van der Waals surface area contributed by atoms with Gasteiger partial charge < -0.3 is 5.32 Å². The number of nitrogens with one attached hydrogen (secondary N) is 2. The van der Waals surface area contributed by atoms with Crippen LogP contribution in [0.25, 0.3) is 11.4 Å². The van der Waals surface area contributed by atoms with Gasteiger partial charge >= 0.3 is 0 Å². The first-order valence-electron chi connectivity index (χ1n) is 8.07. The Bertz CT molecular complexity index is 1020. The Kier molecular flexibility index (Phi) is 5.09. The van der Waals surface area contributed by atoms with E-state index >= 15 is 0 Å². The molecule has 132 valence electrons. The molecule has 1 heterocycles. The van der Waals surface area contributed by atoms with E-state index in [1.54, 1.807) is 28.8 Å². The van der Waals surface area contributed by atoms with Crippen molar-refractivity contribution in [1.82, 2.24) is 14.8 Å². The molecule has 0 bridgehead atoms. The summed E-state index contributed by atoms with van der Waals surface area (Å²) in [5.74, 6) is 0.364. The van der Waals surface area contributed by atoms with E-state index in [1.165, 1.54) is 6.92 Å². The lowest BCUT2D eigenvalue weighted by Crippen LogP contribution is -2.19. The topological polar surface area (TPSA) is 79.8 Å². The molecule has 0 radical (unpaired) electrons. The molecule has 0 aliphatic carbocycles. The molecule has 6 nitrogen and oxygen atoms in total. The highest BCUT2D eigenvalue weighted by Gasteiger charge is 2.13. The number of Topliss-reactive ketones (excluding diaryl/α,β-unsaturated/α-hetero) is 1. The predicted molar refractivity (Wildman–Crippen MR) is 103 cm³/mol. The minimum Gasteiger partial charge on any atom is -0.325 e. The van der Waals surface area contributed by atoms with E-state index in [0.29, 0.717) is 21.8 Å². The van der Waals surface area contributed by atoms with Crippen molar-refractivity contribution in [2.24, 2.45) is 0 Å². The molecule has 3 aromatic rings. The van der Waals surface area contributed by atoms with Crippen LogP contribution in [-0.2, 0) is 11.3 Å². The van der Waals surface area contributed by atoms with E-state index in [2.05, 4.69) is 15.5 Å². The SMILES string of the molecule is CC(=O)c1ccc(NC(=O)Cn2c(-c3cccc(C)c3)n[nH]c2=S)cc1. The van der Waals surface area contributed by atoms with Gasteiger partial charge in [-0.2, -0.15) is 5.10 Å². The van der Waals surface area contributed by atoms with Crippen LogP contribution in [0, 0.1) is 11.7 Å². The van der Waals surface area contributed by atoms with Crippen molar-refractivity contribution in [1.29, 1.82) is 0 Å². The van der Waals surface area contributed by atoms with Gasteiger partial charge in [-0.25, -0.2) is 0 Å². The second kappa shape index (κ2) is 7.45. The van der Waals surface area contributed by atoms with Crippen LogP contribution in [0.15, 0.2) is 48.5 Å². The summed E-state index contributed by atoms with van der Waals surface area (Å²) in [5.41, 5.74) is 3.20. The third kappa shape index (κ3) is 3.94. The molecule has 7 heteroatoms. The molecule has 2 aromatic carbocycles. The monoisotopic (exact) mass is 366 g/mol. The van der Waals surface area contributed by atoms with Crippen molar-refractivity contribution >= 4 is 29.6 Å². The number of aromatic nitrogens is 3. The molecule has 26 heavy (non-hydrogen) atoms. The zero-order valence-corrected chi connectivity index (χ0v) is 15.3. The summed E-state index contributed by atoms with van der Waals surface area (Å²) >= 11 is 5.26. The van der Waals surface area contributed by atoms with Gasteiger partial charge in [-0.1, -0.05) is 23.8 Å². The van der Waals surface area contributed by atoms with Crippen molar-refractivity contribution in [2.45, 2.75) is 20.4 Å². The van der Waals surface area contributed by atoms with Gasteiger partial charge in [0.15, 0.2) is 16.4 Å². The molecule has 0 atom stereocenters. The zero-order chi connectivity index (χ0) is 18.7. The van der Waals surface area contributed by atoms with Crippen LogP contribution in [0.2, 0.25) is 0 Å². The molecule has 0 saturated carbocycles. The Balaban J connectivity index is 1.78. The first-order chi connectivity index (χ1) is 12.4. The quantitative estimate of drug-likeness (QED) is 0.532. The normalized spacial score (nSPS) is 10.5. The number of amides is 1. The molecule has 0 aliphatic heterocycles. The number of hydrogen-bond donors (Lipinski definition) is 2. The van der Waals surface area contributed by atoms with Crippen LogP contribution in [0.5, 0.6) is 0 Å². The molecule has 1 amide bonds. The number of anilines is 1. The van der Waals surface area contributed by atoms with Crippen molar-refractivity contribution < 1.29 is 9.59 Å². The largest absolute Gasteiger partial charge is 0.325 e. The van der Waals surface area contributed by atoms with Gasteiger partial charge in [-0.3, -0.25) is 19.3 Å². The molecule has 0 saturated heterocycles. The smallest absolute Gasteiger partial charge is 0.244 e. The summed E-state index contributed by atoms with van der Waals surface area (Å²) in [4.78, 5) is 23.7. The van der Waals surface area contributed by atoms with Gasteiger partial charge in [0.2, 0.25) is 5.91 Å². The summed E-state index contributed by atoms with van der Waals surface area (Å²) in [6.45, 7) is 3.53. The minimum atomic E-state index is -0.230. The van der Waals surface area contributed by atoms with Crippen LogP contribution in [0.4, 0.5) is 5.69 Å². The highest BCUT2D eigenvalue weighted by Crippen LogP contribution is 2.19. The number of hydrogen-bond acceptors (Lipinski definition) is 4. The standard InChI is InChI=1S/C19H18N4O2S/c1-12-4-3-5-15(10-12)18-21-22-19(26)23(18)11-17(25)20-16-8-6-14(7-9-16)13(2)24/h3-10H,11H2,1-2H3,(H,20,25)(H,22,26). The third-order valence-corrected chi connectivity index (χ3v) is 4.22. The highest BCUT2D eigenvalue weighted by molar-refractivity contribution is 7.71. The second-order valence-corrected chi connectivity index (χ2v) is 6.38. The molecule has 0 unspecified atom stereocenters. The Hall–Kier alpha value is -3.06. The fourth-order valence-corrected chi connectivity index (χ4v) is 2.80. The van der Waals surface area contributed by atoms with Crippen LogP contribution in [0.3, 0.4) is 0 Å². The van der Waals surface area contributed by atoms with Gasteiger partial charge in [0.1, 0.15) is 6.54 Å². The van der Waals surface area contributed by atoms with Gasteiger partial charge in [-0.05, 0) is 56.4 Å². The maximum absolute atomic E-state index is 12.4. The second-order valence-electron chi connectivity index (χ2n) is 5.99. The van der Waals surface area contributed by atoms with Gasteiger partial charge in [0.05, 0.1) is 0 Å². The van der Waals surface area contributed by atoms with E-state index in [0.717, 1.165) is 11.1 Å². The minimum absolute atomic E-state index is 0.0182. The van der Waals surface area contributed by atoms with Crippen LogP contribution >= 0.6 is 12.2 Å². The lowest BCUT2D eigenvalue weighted by atomic mass is 10.1. The molecule has 3 rings (SSSR count). The molecule has 1 aromatic heterocycles. The number of aromatic amines is 1. The summed E-state index contributed by atoms with van der Waals surface area (Å²) in [7, 11) is 0. The van der Waals surface area contributed by atoms with Crippen LogP contribution < -0.4 is 5.32 Å². The number of benzene rings is 2. The van der Waals surface area contributed by atoms with Gasteiger partial charge in [-0.15, -0.1) is 0 Å². The van der Waals surface area contributed by atoms with Crippen molar-refractivity contribution in [3.8, 4) is 11.4 Å². The number of ketones is 1. The molecule has 0 aliphatic rings. The Labute approximate surface area is 155 Å². The zero-order valence-electron chi connectivity index (χ0n) is 14.4. The molecular formula is C19H18N4O2S.